The van der Waals surface area contributed by atoms with Crippen LogP contribution < -0.4 is 0 Å². The first-order valence-electron chi connectivity index (χ1n) is 5.86. The smallest absolute Gasteiger partial charge is 0.219 e. The van der Waals surface area contributed by atoms with E-state index < -0.39 is 5.82 Å². The molecule has 3 rings (SSSR count). The highest BCUT2D eigenvalue weighted by molar-refractivity contribution is 7.71. The molecular weight excluding hydrogens is 315 g/mol. The van der Waals surface area contributed by atoms with Gasteiger partial charge in [0.15, 0.2) is 5.76 Å². The summed E-state index contributed by atoms with van der Waals surface area (Å²) < 4.78 is 20.5. The SMILES string of the molecule is Fc1cccc(Cl)c1C=Nn1c(-c2ccco2)n[nH]c1=S. The zero-order valence-electron chi connectivity index (χ0n) is 10.5. The van der Waals surface area contributed by atoms with E-state index in [0.717, 1.165) is 0 Å². The fourth-order valence-corrected chi connectivity index (χ4v) is 2.10. The summed E-state index contributed by atoms with van der Waals surface area (Å²) in [6, 6.07) is 7.83. The Hall–Kier alpha value is -2.25. The van der Waals surface area contributed by atoms with Crippen LogP contribution in [0.2, 0.25) is 5.02 Å². The number of hydrogen-bond acceptors (Lipinski definition) is 4. The van der Waals surface area contributed by atoms with Gasteiger partial charge >= 0.3 is 0 Å². The molecular formula is C13H8ClFN4OS. The van der Waals surface area contributed by atoms with Crippen LogP contribution in [0, 0.1) is 10.6 Å². The quantitative estimate of drug-likeness (QED) is 0.588. The molecule has 0 amide bonds. The van der Waals surface area contributed by atoms with Crippen LogP contribution in [0.1, 0.15) is 5.56 Å². The second-order valence-electron chi connectivity index (χ2n) is 4.02. The number of rotatable bonds is 3. The van der Waals surface area contributed by atoms with Crippen molar-refractivity contribution < 1.29 is 8.81 Å². The number of aromatic nitrogens is 3. The van der Waals surface area contributed by atoms with Crippen LogP contribution in [0.3, 0.4) is 0 Å². The minimum absolute atomic E-state index is 0.174. The minimum atomic E-state index is -0.471. The maximum atomic E-state index is 13.7. The monoisotopic (exact) mass is 322 g/mol. The maximum absolute atomic E-state index is 13.7. The first-order valence-corrected chi connectivity index (χ1v) is 6.65. The van der Waals surface area contributed by atoms with Crippen molar-refractivity contribution in [2.75, 3.05) is 0 Å². The van der Waals surface area contributed by atoms with Gasteiger partial charge in [0.2, 0.25) is 10.6 Å². The van der Waals surface area contributed by atoms with Gasteiger partial charge in [0.05, 0.1) is 17.5 Å². The van der Waals surface area contributed by atoms with Crippen molar-refractivity contribution >= 4 is 30.0 Å². The van der Waals surface area contributed by atoms with E-state index in [0.29, 0.717) is 11.6 Å². The first-order chi connectivity index (χ1) is 10.2. The fraction of sp³-hybridized carbons (Fsp3) is 0. The molecule has 0 radical (unpaired) electrons. The average Bonchev–Trinajstić information content (AvgIpc) is 3.08. The van der Waals surface area contributed by atoms with Crippen molar-refractivity contribution in [2.24, 2.45) is 5.10 Å². The summed E-state index contributed by atoms with van der Waals surface area (Å²) in [7, 11) is 0. The van der Waals surface area contributed by atoms with E-state index in [1.807, 2.05) is 0 Å². The minimum Gasteiger partial charge on any atom is -0.461 e. The van der Waals surface area contributed by atoms with E-state index >= 15 is 0 Å². The molecule has 0 unspecified atom stereocenters. The van der Waals surface area contributed by atoms with E-state index in [2.05, 4.69) is 15.3 Å². The molecule has 0 saturated carbocycles. The fourth-order valence-electron chi connectivity index (χ4n) is 1.71. The van der Waals surface area contributed by atoms with Gasteiger partial charge < -0.3 is 4.42 Å². The third kappa shape index (κ3) is 2.65. The molecule has 1 aromatic carbocycles. The summed E-state index contributed by atoms with van der Waals surface area (Å²) in [5.74, 6) is 0.397. The second kappa shape index (κ2) is 5.63. The predicted molar refractivity (Wildman–Crippen MR) is 79.5 cm³/mol. The molecule has 1 N–H and O–H groups in total. The van der Waals surface area contributed by atoms with Gasteiger partial charge in [-0.2, -0.15) is 9.78 Å². The second-order valence-corrected chi connectivity index (χ2v) is 4.82. The number of hydrogen-bond donors (Lipinski definition) is 1. The molecule has 2 heterocycles. The molecule has 0 saturated heterocycles. The molecule has 106 valence electrons. The van der Waals surface area contributed by atoms with Crippen LogP contribution in [0.5, 0.6) is 0 Å². The van der Waals surface area contributed by atoms with Crippen LogP contribution in [0.25, 0.3) is 11.6 Å². The number of nitrogens with zero attached hydrogens (tertiary/aromatic N) is 3. The Balaban J connectivity index is 2.05. The average molecular weight is 323 g/mol. The lowest BCUT2D eigenvalue weighted by atomic mass is 10.2. The van der Waals surface area contributed by atoms with Gasteiger partial charge in [-0.15, -0.1) is 5.10 Å². The highest BCUT2D eigenvalue weighted by atomic mass is 35.5. The Morgan fingerprint density at radius 3 is 2.95 bits per heavy atom. The Kier molecular flexibility index (Phi) is 3.68. The predicted octanol–water partition coefficient (Wildman–Crippen LogP) is 3.88. The molecule has 0 atom stereocenters. The van der Waals surface area contributed by atoms with Crippen LogP contribution in [0.4, 0.5) is 4.39 Å². The highest BCUT2D eigenvalue weighted by Gasteiger charge is 2.11. The Morgan fingerprint density at radius 2 is 2.24 bits per heavy atom. The Morgan fingerprint density at radius 1 is 1.38 bits per heavy atom. The van der Waals surface area contributed by atoms with Crippen LogP contribution in [0.15, 0.2) is 46.1 Å². The maximum Gasteiger partial charge on any atom is 0.219 e. The standard InChI is InChI=1S/C13H8ClFN4OS/c14-9-3-1-4-10(15)8(9)7-16-19-12(17-18-13(19)21)11-5-2-6-20-11/h1-7H,(H,18,21). The molecule has 0 spiro atoms. The normalized spacial score (nSPS) is 11.3. The lowest BCUT2D eigenvalue weighted by Gasteiger charge is -2.00. The Bertz CT molecular complexity index is 833. The van der Waals surface area contributed by atoms with E-state index in [-0.39, 0.29) is 15.4 Å². The third-order valence-corrected chi connectivity index (χ3v) is 3.29. The van der Waals surface area contributed by atoms with Crippen molar-refractivity contribution in [2.45, 2.75) is 0 Å². The van der Waals surface area contributed by atoms with Gasteiger partial charge in [-0.05, 0) is 36.5 Å². The molecule has 0 fully saturated rings. The van der Waals surface area contributed by atoms with Gasteiger partial charge in [-0.25, -0.2) is 9.49 Å². The topological polar surface area (TPSA) is 59.1 Å². The summed E-state index contributed by atoms with van der Waals surface area (Å²) in [4.78, 5) is 0. The number of halogens is 2. The van der Waals surface area contributed by atoms with Crippen molar-refractivity contribution in [3.8, 4) is 11.6 Å². The van der Waals surface area contributed by atoms with Crippen molar-refractivity contribution in [1.82, 2.24) is 14.9 Å². The van der Waals surface area contributed by atoms with Crippen molar-refractivity contribution in [3.05, 3.63) is 57.8 Å². The molecule has 2 aromatic heterocycles. The summed E-state index contributed by atoms with van der Waals surface area (Å²) in [5, 5.41) is 11.0. The molecule has 0 aliphatic rings. The molecule has 8 heteroatoms. The van der Waals surface area contributed by atoms with Crippen molar-refractivity contribution in [3.63, 3.8) is 0 Å². The van der Waals surface area contributed by atoms with Crippen molar-refractivity contribution in [1.29, 1.82) is 0 Å². The molecule has 0 aliphatic heterocycles. The van der Waals surface area contributed by atoms with E-state index in [1.54, 1.807) is 18.2 Å². The number of benzene rings is 1. The largest absolute Gasteiger partial charge is 0.461 e. The third-order valence-electron chi connectivity index (χ3n) is 2.69. The zero-order chi connectivity index (χ0) is 14.8. The van der Waals surface area contributed by atoms with Gasteiger partial charge in [-0.3, -0.25) is 0 Å². The molecule has 0 bridgehead atoms. The van der Waals surface area contributed by atoms with Crippen LogP contribution in [-0.2, 0) is 0 Å². The molecule has 0 aliphatic carbocycles. The van der Waals surface area contributed by atoms with Gasteiger partial charge in [0.25, 0.3) is 0 Å². The summed E-state index contributed by atoms with van der Waals surface area (Å²) in [5.41, 5.74) is 0.174. The lowest BCUT2D eigenvalue weighted by molar-refractivity contribution is 0.573. The highest BCUT2D eigenvalue weighted by Crippen LogP contribution is 2.19. The summed E-state index contributed by atoms with van der Waals surface area (Å²) >= 11 is 11.0. The summed E-state index contributed by atoms with van der Waals surface area (Å²) in [6.45, 7) is 0. The number of furan rings is 1. The van der Waals surface area contributed by atoms with Gasteiger partial charge in [-0.1, -0.05) is 17.7 Å². The number of H-pyrrole nitrogens is 1. The zero-order valence-corrected chi connectivity index (χ0v) is 12.0. The number of aromatic amines is 1. The van der Waals surface area contributed by atoms with Gasteiger partial charge in [0, 0.05) is 5.56 Å². The molecule has 3 aromatic rings. The van der Waals surface area contributed by atoms with E-state index in [4.69, 9.17) is 28.2 Å². The van der Waals surface area contributed by atoms with Gasteiger partial charge in [0.1, 0.15) is 5.82 Å². The van der Waals surface area contributed by atoms with E-state index in [9.17, 15) is 4.39 Å². The molecule has 21 heavy (non-hydrogen) atoms. The lowest BCUT2D eigenvalue weighted by Crippen LogP contribution is -1.96. The van der Waals surface area contributed by atoms with Crippen LogP contribution >= 0.6 is 23.8 Å². The van der Waals surface area contributed by atoms with Crippen LogP contribution in [-0.4, -0.2) is 21.1 Å². The number of nitrogens with one attached hydrogen (secondary N) is 1. The summed E-state index contributed by atoms with van der Waals surface area (Å²) in [6.07, 6.45) is 2.80. The molecule has 5 nitrogen and oxygen atoms in total. The van der Waals surface area contributed by atoms with E-state index in [1.165, 1.54) is 29.3 Å². The Labute approximate surface area is 128 Å². The first kappa shape index (κ1) is 13.7.